The van der Waals surface area contributed by atoms with Crippen LogP contribution in [0, 0.1) is 6.07 Å². The monoisotopic (exact) mass is 171 g/mol. The molecule has 1 radical (unpaired) electrons. The molecule has 0 atom stereocenters. The molecular weight excluding hydrogens is 164 g/mol. The molecule has 0 aliphatic carbocycles. The van der Waals surface area contributed by atoms with Gasteiger partial charge in [-0.25, -0.2) is 0 Å². The molecule has 0 aliphatic heterocycles. The third kappa shape index (κ3) is 1.93. The Morgan fingerprint density at radius 1 is 1.70 bits per heavy atom. The smallest absolute Gasteiger partial charge is 0.0548 e. The summed E-state index contributed by atoms with van der Waals surface area (Å²) in [4.78, 5) is 1.14. The van der Waals surface area contributed by atoms with Crippen LogP contribution < -0.4 is 0 Å². The van der Waals surface area contributed by atoms with Crippen LogP contribution in [-0.2, 0) is 0 Å². The topological polar surface area (TPSA) is 0 Å². The Morgan fingerprint density at radius 3 is 3.10 bits per heavy atom. The van der Waals surface area contributed by atoms with Crippen molar-refractivity contribution >= 4 is 23.4 Å². The summed E-state index contributed by atoms with van der Waals surface area (Å²) in [5, 5.41) is 0.800. The molecule has 10 heavy (non-hydrogen) atoms. The molecule has 0 N–H and O–H groups in total. The van der Waals surface area contributed by atoms with E-state index < -0.39 is 0 Å². The molecule has 0 bridgehead atoms. The van der Waals surface area contributed by atoms with Crippen LogP contribution in [0.3, 0.4) is 0 Å². The van der Waals surface area contributed by atoms with E-state index in [9.17, 15) is 0 Å². The Labute approximate surface area is 70.6 Å². The van der Waals surface area contributed by atoms with Crippen LogP contribution in [0.4, 0.5) is 0 Å². The molecule has 0 fully saturated rings. The first-order chi connectivity index (χ1) is 4.84. The summed E-state index contributed by atoms with van der Waals surface area (Å²) in [5.74, 6) is 1.06. The first-order valence-electron chi connectivity index (χ1n) is 3.13. The maximum atomic E-state index is 5.85. The SMILES string of the molecule is CCSc1cc[c]cc1Cl. The Balaban J connectivity index is 2.81. The van der Waals surface area contributed by atoms with Crippen molar-refractivity contribution < 1.29 is 0 Å². The van der Waals surface area contributed by atoms with Gasteiger partial charge >= 0.3 is 0 Å². The molecule has 0 unspecified atom stereocenters. The standard InChI is InChI=1S/C8H8ClS/c1-2-10-8-6-4-3-5-7(8)9/h4-6H,2H2,1H3. The van der Waals surface area contributed by atoms with Gasteiger partial charge in [0.05, 0.1) is 5.02 Å². The lowest BCUT2D eigenvalue weighted by Gasteiger charge is -1.98. The summed E-state index contributed by atoms with van der Waals surface area (Å²) in [6.07, 6.45) is 0. The average Bonchev–Trinajstić information content (AvgIpc) is 1.94. The number of hydrogen-bond donors (Lipinski definition) is 0. The van der Waals surface area contributed by atoms with Gasteiger partial charge in [-0.05, 0) is 24.0 Å². The van der Waals surface area contributed by atoms with Crippen LogP contribution in [-0.4, -0.2) is 5.75 Å². The lowest BCUT2D eigenvalue weighted by atomic mass is 10.4. The van der Waals surface area contributed by atoms with Gasteiger partial charge in [-0.15, -0.1) is 11.8 Å². The van der Waals surface area contributed by atoms with E-state index in [0.717, 1.165) is 15.7 Å². The fourth-order valence-electron chi connectivity index (χ4n) is 0.668. The molecule has 0 spiro atoms. The van der Waals surface area contributed by atoms with Crippen molar-refractivity contribution in [1.82, 2.24) is 0 Å². The van der Waals surface area contributed by atoms with Crippen LogP contribution in [0.2, 0.25) is 5.02 Å². The van der Waals surface area contributed by atoms with Crippen molar-refractivity contribution in [3.63, 3.8) is 0 Å². The summed E-state index contributed by atoms with van der Waals surface area (Å²) < 4.78 is 0. The zero-order valence-corrected chi connectivity index (χ0v) is 7.30. The number of rotatable bonds is 2. The summed E-state index contributed by atoms with van der Waals surface area (Å²) >= 11 is 7.60. The van der Waals surface area contributed by atoms with Crippen molar-refractivity contribution in [1.29, 1.82) is 0 Å². The van der Waals surface area contributed by atoms with E-state index >= 15 is 0 Å². The minimum atomic E-state index is 0.800. The van der Waals surface area contributed by atoms with Crippen molar-refractivity contribution in [2.45, 2.75) is 11.8 Å². The van der Waals surface area contributed by atoms with Gasteiger partial charge in [0.1, 0.15) is 0 Å². The third-order valence-corrected chi connectivity index (χ3v) is 2.46. The Kier molecular flexibility index (Phi) is 3.10. The summed E-state index contributed by atoms with van der Waals surface area (Å²) in [6, 6.07) is 8.57. The zero-order valence-electron chi connectivity index (χ0n) is 5.73. The number of hydrogen-bond acceptors (Lipinski definition) is 1. The first kappa shape index (κ1) is 7.96. The second-order valence-corrected chi connectivity index (χ2v) is 3.50. The molecule has 0 heterocycles. The molecule has 0 saturated carbocycles. The van der Waals surface area contributed by atoms with Crippen LogP contribution in [0.1, 0.15) is 6.92 Å². The van der Waals surface area contributed by atoms with Crippen molar-refractivity contribution in [2.75, 3.05) is 5.75 Å². The lowest BCUT2D eigenvalue weighted by Crippen LogP contribution is -1.73. The van der Waals surface area contributed by atoms with E-state index in [0.29, 0.717) is 0 Å². The lowest BCUT2D eigenvalue weighted by molar-refractivity contribution is 1.42. The van der Waals surface area contributed by atoms with Gasteiger partial charge in [-0.3, -0.25) is 0 Å². The predicted octanol–water partition coefficient (Wildman–Crippen LogP) is 3.25. The van der Waals surface area contributed by atoms with Gasteiger partial charge in [-0.1, -0.05) is 24.6 Å². The molecule has 0 nitrogen and oxygen atoms in total. The molecule has 1 aromatic rings. The van der Waals surface area contributed by atoms with Gasteiger partial charge in [0.15, 0.2) is 0 Å². The number of thioether (sulfide) groups is 1. The van der Waals surface area contributed by atoms with Crippen LogP contribution >= 0.6 is 23.4 Å². The maximum Gasteiger partial charge on any atom is 0.0548 e. The molecule has 1 rings (SSSR count). The average molecular weight is 172 g/mol. The van der Waals surface area contributed by atoms with Gasteiger partial charge in [0.25, 0.3) is 0 Å². The minimum absolute atomic E-state index is 0.800. The number of benzene rings is 1. The van der Waals surface area contributed by atoms with E-state index in [1.54, 1.807) is 17.8 Å². The minimum Gasteiger partial charge on any atom is -0.125 e. The molecule has 0 saturated heterocycles. The van der Waals surface area contributed by atoms with E-state index in [4.69, 9.17) is 11.6 Å². The maximum absolute atomic E-state index is 5.85. The van der Waals surface area contributed by atoms with Crippen LogP contribution in [0.25, 0.3) is 0 Å². The Morgan fingerprint density at radius 2 is 2.50 bits per heavy atom. The van der Waals surface area contributed by atoms with E-state index in [2.05, 4.69) is 13.0 Å². The van der Waals surface area contributed by atoms with E-state index in [-0.39, 0.29) is 0 Å². The highest BCUT2D eigenvalue weighted by Crippen LogP contribution is 2.25. The highest BCUT2D eigenvalue weighted by molar-refractivity contribution is 7.99. The van der Waals surface area contributed by atoms with Gasteiger partial charge in [0, 0.05) is 4.90 Å². The highest BCUT2D eigenvalue weighted by Gasteiger charge is 1.95. The second kappa shape index (κ2) is 3.89. The van der Waals surface area contributed by atoms with Crippen LogP contribution in [0.5, 0.6) is 0 Å². The largest absolute Gasteiger partial charge is 0.125 e. The van der Waals surface area contributed by atoms with E-state index in [1.807, 2.05) is 12.1 Å². The van der Waals surface area contributed by atoms with E-state index in [1.165, 1.54) is 0 Å². The number of halogens is 1. The van der Waals surface area contributed by atoms with Crippen molar-refractivity contribution in [3.05, 3.63) is 29.3 Å². The molecule has 0 amide bonds. The van der Waals surface area contributed by atoms with Crippen LogP contribution in [0.15, 0.2) is 23.1 Å². The molecule has 0 aliphatic rings. The summed E-state index contributed by atoms with van der Waals surface area (Å²) in [7, 11) is 0. The fraction of sp³-hybridized carbons (Fsp3) is 0.250. The van der Waals surface area contributed by atoms with Crippen molar-refractivity contribution in [3.8, 4) is 0 Å². The first-order valence-corrected chi connectivity index (χ1v) is 4.49. The second-order valence-electron chi connectivity index (χ2n) is 1.79. The predicted molar refractivity (Wildman–Crippen MR) is 46.7 cm³/mol. The molecule has 2 heteroatoms. The normalized spacial score (nSPS) is 9.80. The molecule has 0 aromatic heterocycles. The van der Waals surface area contributed by atoms with Crippen molar-refractivity contribution in [2.24, 2.45) is 0 Å². The molecular formula is C8H8ClS. The van der Waals surface area contributed by atoms with Gasteiger partial charge < -0.3 is 0 Å². The zero-order chi connectivity index (χ0) is 7.40. The summed E-state index contributed by atoms with van der Waals surface area (Å²) in [6.45, 7) is 2.11. The molecule has 53 valence electrons. The summed E-state index contributed by atoms with van der Waals surface area (Å²) in [5.41, 5.74) is 0. The van der Waals surface area contributed by atoms with Gasteiger partial charge in [0.2, 0.25) is 0 Å². The Bertz CT molecular complexity index is 210. The Hall–Kier alpha value is -0.140. The fourth-order valence-corrected chi connectivity index (χ4v) is 1.63. The third-order valence-electron chi connectivity index (χ3n) is 1.08. The van der Waals surface area contributed by atoms with Gasteiger partial charge in [-0.2, -0.15) is 0 Å². The molecule has 1 aromatic carbocycles. The highest BCUT2D eigenvalue weighted by atomic mass is 35.5. The quantitative estimate of drug-likeness (QED) is 0.616.